The maximum absolute atomic E-state index is 10.9. The Morgan fingerprint density at radius 2 is 2.25 bits per heavy atom. The average molecular weight is 166 g/mol. The van der Waals surface area contributed by atoms with Gasteiger partial charge in [-0.2, -0.15) is 0 Å². The van der Waals surface area contributed by atoms with Crippen molar-refractivity contribution >= 4 is 29.8 Å². The van der Waals surface area contributed by atoms with Gasteiger partial charge in [-0.3, -0.25) is 0 Å². The minimum atomic E-state index is -1.03. The number of rotatable bonds is 0. The molecule has 2 aliphatic rings. The lowest BCUT2D eigenvalue weighted by molar-refractivity contribution is -0.350. The van der Waals surface area contributed by atoms with E-state index in [1.165, 1.54) is 0 Å². The summed E-state index contributed by atoms with van der Waals surface area (Å²) in [7, 11) is 0. The van der Waals surface area contributed by atoms with Crippen LogP contribution in [0.2, 0.25) is 0 Å². The van der Waals surface area contributed by atoms with E-state index in [0.717, 1.165) is 6.34 Å². The summed E-state index contributed by atoms with van der Waals surface area (Å²) < 4.78 is -0.0102. The van der Waals surface area contributed by atoms with Crippen molar-refractivity contribution in [1.82, 2.24) is 5.32 Å². The largest absolute Gasteiger partial charge is 0.737 e. The quantitative estimate of drug-likeness (QED) is 0.355. The second kappa shape index (κ2) is 1.97. The molecule has 2 heterocycles. The molecule has 2 rings (SSSR count). The number of amides is 3. The first-order valence-corrected chi connectivity index (χ1v) is 3.00. The van der Waals surface area contributed by atoms with Gasteiger partial charge >= 0.3 is 17.8 Å². The van der Waals surface area contributed by atoms with E-state index in [-0.39, 0.29) is 16.3 Å². The fourth-order valence-electron chi connectivity index (χ4n) is 0.872. The van der Waals surface area contributed by atoms with Crippen molar-refractivity contribution < 1.29 is 14.3 Å². The van der Waals surface area contributed by atoms with Crippen LogP contribution < -0.4 is 5.32 Å². The molecule has 7 nitrogen and oxygen atoms in total. The van der Waals surface area contributed by atoms with Gasteiger partial charge in [0.05, 0.1) is 0 Å². The van der Waals surface area contributed by atoms with Crippen LogP contribution >= 0.6 is 0 Å². The van der Waals surface area contributed by atoms with Gasteiger partial charge < -0.3 is 5.21 Å². The number of fused-ring (bicyclic) bond motifs is 1. The standard InChI is InChI=1S/C5H2N4O3/c10-4-2-3(7-1-6-2)9(12)5(11)8-4/h1H,(H,8,10,11). The predicted molar refractivity (Wildman–Crippen MR) is 38.1 cm³/mol. The lowest BCUT2D eigenvalue weighted by Gasteiger charge is -2.13. The third-order valence-corrected chi connectivity index (χ3v) is 1.39. The van der Waals surface area contributed by atoms with Gasteiger partial charge in [0, 0.05) is 0 Å². The van der Waals surface area contributed by atoms with E-state index in [9.17, 15) is 14.8 Å². The number of imide groups is 1. The Bertz CT molecular complexity index is 378. The lowest BCUT2D eigenvalue weighted by atomic mass is 10.3. The van der Waals surface area contributed by atoms with Crippen molar-refractivity contribution in [2.45, 2.75) is 0 Å². The Morgan fingerprint density at radius 1 is 1.50 bits per heavy atom. The molecule has 0 saturated carbocycles. The van der Waals surface area contributed by atoms with E-state index in [1.54, 1.807) is 5.32 Å². The molecule has 0 unspecified atom stereocenters. The van der Waals surface area contributed by atoms with E-state index >= 15 is 0 Å². The van der Waals surface area contributed by atoms with Crippen LogP contribution in [0.5, 0.6) is 0 Å². The fraction of sp³-hybridized carbons (Fsp3) is 0. The number of urea groups is 1. The number of aliphatic imine (C=N–C) groups is 2. The highest BCUT2D eigenvalue weighted by molar-refractivity contribution is 6.69. The molecule has 0 saturated heterocycles. The van der Waals surface area contributed by atoms with Crippen LogP contribution in [-0.4, -0.2) is 34.6 Å². The maximum atomic E-state index is 10.9. The molecular weight excluding hydrogens is 164 g/mol. The first-order chi connectivity index (χ1) is 5.70. The van der Waals surface area contributed by atoms with Crippen LogP contribution in [0.4, 0.5) is 4.79 Å². The van der Waals surface area contributed by atoms with Crippen molar-refractivity contribution in [2.75, 3.05) is 0 Å². The summed E-state index contributed by atoms with van der Waals surface area (Å²) in [6, 6.07) is -1.03. The molecule has 0 aromatic heterocycles. The lowest BCUT2D eigenvalue weighted by Crippen LogP contribution is -2.49. The SMILES string of the molecule is O=C1NC(=O)[N+]([O-])=C2N=CN=C12. The van der Waals surface area contributed by atoms with Crippen LogP contribution in [0.15, 0.2) is 9.98 Å². The summed E-state index contributed by atoms with van der Waals surface area (Å²) in [6.45, 7) is 0. The zero-order chi connectivity index (χ0) is 8.72. The number of carbonyl (C=O) groups is 2. The topological polar surface area (TPSA) is 97.0 Å². The van der Waals surface area contributed by atoms with Gasteiger partial charge in [0.2, 0.25) is 5.71 Å². The molecule has 1 N–H and O–H groups in total. The summed E-state index contributed by atoms with van der Waals surface area (Å²) in [5.41, 5.74) is -0.121. The average Bonchev–Trinajstić information content (AvgIpc) is 2.48. The third-order valence-electron chi connectivity index (χ3n) is 1.39. The molecule has 0 aromatic rings. The van der Waals surface area contributed by atoms with Crippen LogP contribution in [0.1, 0.15) is 0 Å². The molecule has 60 valence electrons. The second-order valence-electron chi connectivity index (χ2n) is 2.10. The number of hydrogen-bond donors (Lipinski definition) is 1. The highest BCUT2D eigenvalue weighted by Crippen LogP contribution is 2.00. The Morgan fingerprint density at radius 3 is 3.00 bits per heavy atom. The van der Waals surface area contributed by atoms with E-state index in [2.05, 4.69) is 9.98 Å². The van der Waals surface area contributed by atoms with Crippen molar-refractivity contribution in [1.29, 1.82) is 0 Å². The maximum Gasteiger partial charge on any atom is 0.444 e. The zero-order valence-corrected chi connectivity index (χ0v) is 5.64. The third kappa shape index (κ3) is 0.669. The van der Waals surface area contributed by atoms with E-state index < -0.39 is 11.9 Å². The molecule has 0 fully saturated rings. The van der Waals surface area contributed by atoms with Crippen molar-refractivity contribution in [3.05, 3.63) is 5.21 Å². The number of hydroxylamine groups is 1. The molecule has 0 aromatic carbocycles. The van der Waals surface area contributed by atoms with Gasteiger partial charge in [-0.15, -0.1) is 0 Å². The van der Waals surface area contributed by atoms with E-state index in [1.807, 2.05) is 0 Å². The monoisotopic (exact) mass is 166 g/mol. The molecule has 3 amide bonds. The smallest absolute Gasteiger partial charge is 0.444 e. The van der Waals surface area contributed by atoms with E-state index in [4.69, 9.17) is 0 Å². The summed E-state index contributed by atoms with van der Waals surface area (Å²) in [5, 5.41) is 12.7. The summed E-state index contributed by atoms with van der Waals surface area (Å²) in [6.07, 6.45) is 1.05. The van der Waals surface area contributed by atoms with Gasteiger partial charge in [0.25, 0.3) is 0 Å². The molecule has 0 atom stereocenters. The van der Waals surface area contributed by atoms with Crippen LogP contribution in [0.3, 0.4) is 0 Å². The van der Waals surface area contributed by atoms with Crippen molar-refractivity contribution in [3.8, 4) is 0 Å². The molecule has 0 bridgehead atoms. The molecule has 0 spiro atoms. The van der Waals surface area contributed by atoms with Gasteiger partial charge in [-0.1, -0.05) is 4.99 Å². The second-order valence-corrected chi connectivity index (χ2v) is 2.10. The Kier molecular flexibility index (Phi) is 1.09. The number of nitrogens with one attached hydrogen (secondary N) is 1. The van der Waals surface area contributed by atoms with Gasteiger partial charge in [0.1, 0.15) is 0 Å². The first kappa shape index (κ1) is 6.65. The number of amidine groups is 1. The highest BCUT2D eigenvalue weighted by Gasteiger charge is 2.36. The summed E-state index contributed by atoms with van der Waals surface area (Å²) >= 11 is 0. The van der Waals surface area contributed by atoms with Gasteiger partial charge in [-0.25, -0.2) is 24.6 Å². The number of hydrogen-bond acceptors (Lipinski definition) is 5. The summed E-state index contributed by atoms with van der Waals surface area (Å²) in [4.78, 5) is 28.5. The zero-order valence-electron chi connectivity index (χ0n) is 5.64. The van der Waals surface area contributed by atoms with Crippen molar-refractivity contribution in [3.63, 3.8) is 0 Å². The molecular formula is C5H2N4O3. The van der Waals surface area contributed by atoms with Crippen molar-refractivity contribution in [2.24, 2.45) is 9.98 Å². The van der Waals surface area contributed by atoms with Gasteiger partial charge in [0.15, 0.2) is 6.34 Å². The molecule has 0 radical (unpaired) electrons. The Labute approximate surface area is 65.7 Å². The molecule has 7 heteroatoms. The predicted octanol–water partition coefficient (Wildman–Crippen LogP) is -1.37. The molecule has 0 aliphatic carbocycles. The number of carbonyl (C=O) groups excluding carboxylic acids is 2. The Balaban J connectivity index is 2.62. The normalized spacial score (nSPS) is 20.8. The summed E-state index contributed by atoms with van der Waals surface area (Å²) in [5.74, 6) is -0.941. The molecule has 2 aliphatic heterocycles. The van der Waals surface area contributed by atoms with E-state index in [0.29, 0.717) is 0 Å². The van der Waals surface area contributed by atoms with Gasteiger partial charge in [-0.05, 0) is 0 Å². The van der Waals surface area contributed by atoms with Crippen LogP contribution in [0.25, 0.3) is 0 Å². The Hall–Kier alpha value is -2.05. The fourth-order valence-corrected chi connectivity index (χ4v) is 0.872. The number of nitrogens with zero attached hydrogens (tertiary/aromatic N) is 3. The highest BCUT2D eigenvalue weighted by atomic mass is 16.5. The van der Waals surface area contributed by atoms with Crippen LogP contribution in [0, 0.1) is 5.21 Å². The van der Waals surface area contributed by atoms with Crippen LogP contribution in [-0.2, 0) is 4.79 Å². The first-order valence-electron chi connectivity index (χ1n) is 3.00. The minimum Gasteiger partial charge on any atom is -0.737 e. The minimum absolute atomic E-state index is 0.0102. The molecule has 12 heavy (non-hydrogen) atoms.